The van der Waals surface area contributed by atoms with E-state index in [9.17, 15) is 9.59 Å². The van der Waals surface area contributed by atoms with E-state index in [1.54, 1.807) is 12.1 Å². The Morgan fingerprint density at radius 2 is 1.68 bits per heavy atom. The summed E-state index contributed by atoms with van der Waals surface area (Å²) in [6, 6.07) is 18.9. The standard InChI is InChI=1S/C26H27ClN4O2S/c1-17(2)25(33)31-14-12-30(13-15-31)23-11-10-19(16-22(23)27)28-26(34)29-24(32)21-9-5-7-18-6-3-4-8-20(18)21/h3-11,16-17H,12-15H2,1-2H3,(H2,28,29,32,34). The van der Waals surface area contributed by atoms with Gasteiger partial charge in [-0.05, 0) is 47.3 Å². The fourth-order valence-corrected chi connectivity index (χ4v) is 4.64. The number of nitrogens with zero attached hydrogens (tertiary/aromatic N) is 2. The van der Waals surface area contributed by atoms with Crippen LogP contribution in [0.4, 0.5) is 11.4 Å². The summed E-state index contributed by atoms with van der Waals surface area (Å²) < 4.78 is 0. The Balaban J connectivity index is 1.37. The monoisotopic (exact) mass is 494 g/mol. The highest BCUT2D eigenvalue weighted by Gasteiger charge is 2.24. The number of thiocarbonyl (C=S) groups is 1. The van der Waals surface area contributed by atoms with Crippen molar-refractivity contribution in [3.05, 3.63) is 71.2 Å². The minimum Gasteiger partial charge on any atom is -0.367 e. The molecule has 1 fully saturated rings. The second-order valence-electron chi connectivity index (χ2n) is 8.57. The molecule has 0 atom stereocenters. The van der Waals surface area contributed by atoms with E-state index < -0.39 is 0 Å². The highest BCUT2D eigenvalue weighted by Crippen LogP contribution is 2.30. The van der Waals surface area contributed by atoms with Crippen molar-refractivity contribution >= 4 is 62.9 Å². The second kappa shape index (κ2) is 10.4. The van der Waals surface area contributed by atoms with Crippen LogP contribution in [0.3, 0.4) is 0 Å². The number of fused-ring (bicyclic) bond motifs is 1. The van der Waals surface area contributed by atoms with Crippen LogP contribution in [0.15, 0.2) is 60.7 Å². The van der Waals surface area contributed by atoms with Crippen LogP contribution in [0, 0.1) is 5.92 Å². The molecule has 0 aromatic heterocycles. The molecule has 34 heavy (non-hydrogen) atoms. The second-order valence-corrected chi connectivity index (χ2v) is 9.38. The van der Waals surface area contributed by atoms with E-state index in [-0.39, 0.29) is 22.8 Å². The number of anilines is 2. The molecule has 4 rings (SSSR count). The van der Waals surface area contributed by atoms with E-state index in [4.69, 9.17) is 23.8 Å². The minimum atomic E-state index is -0.272. The van der Waals surface area contributed by atoms with E-state index in [1.807, 2.05) is 67.3 Å². The van der Waals surface area contributed by atoms with Gasteiger partial charge in [-0.15, -0.1) is 0 Å². The maximum Gasteiger partial charge on any atom is 0.258 e. The third-order valence-corrected chi connectivity index (χ3v) is 6.40. The number of amides is 2. The maximum absolute atomic E-state index is 12.8. The molecule has 2 N–H and O–H groups in total. The van der Waals surface area contributed by atoms with Gasteiger partial charge in [-0.1, -0.05) is 61.8 Å². The lowest BCUT2D eigenvalue weighted by Crippen LogP contribution is -2.50. The van der Waals surface area contributed by atoms with Gasteiger partial charge in [-0.3, -0.25) is 14.9 Å². The Morgan fingerprint density at radius 3 is 2.38 bits per heavy atom. The van der Waals surface area contributed by atoms with E-state index in [0.29, 0.717) is 29.4 Å². The summed E-state index contributed by atoms with van der Waals surface area (Å²) >= 11 is 11.9. The topological polar surface area (TPSA) is 64.7 Å². The predicted molar refractivity (Wildman–Crippen MR) is 143 cm³/mol. The quantitative estimate of drug-likeness (QED) is 0.504. The molecule has 1 heterocycles. The Labute approximate surface area is 209 Å². The van der Waals surface area contributed by atoms with Gasteiger partial charge < -0.3 is 15.1 Å². The number of benzene rings is 3. The van der Waals surface area contributed by atoms with Gasteiger partial charge in [-0.25, -0.2) is 0 Å². The van der Waals surface area contributed by atoms with E-state index in [2.05, 4.69) is 15.5 Å². The molecule has 3 aromatic rings. The molecule has 3 aromatic carbocycles. The van der Waals surface area contributed by atoms with Crippen molar-refractivity contribution in [2.24, 2.45) is 5.92 Å². The first kappa shape index (κ1) is 24.0. The summed E-state index contributed by atoms with van der Waals surface area (Å²) in [5.74, 6) is -0.0828. The van der Waals surface area contributed by atoms with E-state index in [0.717, 1.165) is 29.5 Å². The largest absolute Gasteiger partial charge is 0.367 e. The smallest absolute Gasteiger partial charge is 0.258 e. The van der Waals surface area contributed by atoms with Crippen LogP contribution in [-0.4, -0.2) is 48.0 Å². The van der Waals surface area contributed by atoms with Gasteiger partial charge in [0.2, 0.25) is 5.91 Å². The summed E-state index contributed by atoms with van der Waals surface area (Å²) in [7, 11) is 0. The van der Waals surface area contributed by atoms with Crippen LogP contribution >= 0.6 is 23.8 Å². The third-order valence-electron chi connectivity index (χ3n) is 5.89. The highest BCUT2D eigenvalue weighted by atomic mass is 35.5. The zero-order valence-electron chi connectivity index (χ0n) is 19.2. The molecule has 6 nitrogen and oxygen atoms in total. The molecule has 1 saturated heterocycles. The van der Waals surface area contributed by atoms with Crippen molar-refractivity contribution in [2.75, 3.05) is 36.4 Å². The fraction of sp³-hybridized carbons (Fsp3) is 0.269. The zero-order valence-corrected chi connectivity index (χ0v) is 20.7. The lowest BCUT2D eigenvalue weighted by atomic mass is 10.0. The van der Waals surface area contributed by atoms with Crippen LogP contribution in [0.5, 0.6) is 0 Å². The average Bonchev–Trinajstić information content (AvgIpc) is 2.83. The van der Waals surface area contributed by atoms with Gasteiger partial charge in [0.1, 0.15) is 0 Å². The zero-order chi connectivity index (χ0) is 24.2. The number of carbonyl (C=O) groups is 2. The average molecular weight is 495 g/mol. The van der Waals surface area contributed by atoms with Crippen molar-refractivity contribution < 1.29 is 9.59 Å². The molecular formula is C26H27ClN4O2S. The van der Waals surface area contributed by atoms with Gasteiger partial charge in [0.25, 0.3) is 5.91 Å². The molecule has 176 valence electrons. The molecular weight excluding hydrogens is 468 g/mol. The third kappa shape index (κ3) is 5.32. The number of nitrogens with one attached hydrogen (secondary N) is 2. The predicted octanol–water partition coefficient (Wildman–Crippen LogP) is 4.92. The number of halogens is 1. The maximum atomic E-state index is 12.8. The summed E-state index contributed by atoms with van der Waals surface area (Å²) in [5, 5.41) is 8.43. The molecule has 1 aliphatic rings. The molecule has 2 amide bonds. The molecule has 0 unspecified atom stereocenters. The summed E-state index contributed by atoms with van der Waals surface area (Å²) in [4.78, 5) is 29.1. The van der Waals surface area contributed by atoms with Gasteiger partial charge in [0.05, 0.1) is 10.7 Å². The number of hydrogen-bond acceptors (Lipinski definition) is 4. The van der Waals surface area contributed by atoms with Crippen LogP contribution in [-0.2, 0) is 4.79 Å². The number of carbonyl (C=O) groups excluding carboxylic acids is 2. The van der Waals surface area contributed by atoms with Crippen molar-refractivity contribution in [3.63, 3.8) is 0 Å². The van der Waals surface area contributed by atoms with Gasteiger partial charge in [0, 0.05) is 43.3 Å². The Bertz CT molecular complexity index is 1230. The van der Waals surface area contributed by atoms with Crippen LogP contribution in [0.1, 0.15) is 24.2 Å². The number of rotatable bonds is 4. The fourth-order valence-electron chi connectivity index (χ4n) is 4.13. The van der Waals surface area contributed by atoms with Crippen molar-refractivity contribution in [2.45, 2.75) is 13.8 Å². The molecule has 8 heteroatoms. The number of piperazine rings is 1. The number of hydrogen-bond donors (Lipinski definition) is 2. The van der Waals surface area contributed by atoms with Crippen LogP contribution < -0.4 is 15.5 Å². The first-order valence-electron chi connectivity index (χ1n) is 11.3. The molecule has 0 aliphatic carbocycles. The van der Waals surface area contributed by atoms with E-state index >= 15 is 0 Å². The SMILES string of the molecule is CC(C)C(=O)N1CCN(c2ccc(NC(=S)NC(=O)c3cccc4ccccc34)cc2Cl)CC1. The van der Waals surface area contributed by atoms with E-state index in [1.165, 1.54) is 0 Å². The summed E-state index contributed by atoms with van der Waals surface area (Å²) in [6.45, 7) is 6.66. The molecule has 0 spiro atoms. The van der Waals surface area contributed by atoms with Crippen molar-refractivity contribution in [1.82, 2.24) is 10.2 Å². The summed E-state index contributed by atoms with van der Waals surface area (Å²) in [6.07, 6.45) is 0. The van der Waals surface area contributed by atoms with Crippen molar-refractivity contribution in [1.29, 1.82) is 0 Å². The lowest BCUT2D eigenvalue weighted by Gasteiger charge is -2.37. The Morgan fingerprint density at radius 1 is 0.971 bits per heavy atom. The van der Waals surface area contributed by atoms with Crippen LogP contribution in [0.2, 0.25) is 5.02 Å². The first-order valence-corrected chi connectivity index (χ1v) is 12.1. The van der Waals surface area contributed by atoms with Gasteiger partial charge in [-0.2, -0.15) is 0 Å². The minimum absolute atomic E-state index is 0.00504. The Kier molecular flexibility index (Phi) is 7.34. The lowest BCUT2D eigenvalue weighted by molar-refractivity contribution is -0.134. The van der Waals surface area contributed by atoms with Crippen molar-refractivity contribution in [3.8, 4) is 0 Å². The van der Waals surface area contributed by atoms with Crippen LogP contribution in [0.25, 0.3) is 10.8 Å². The van der Waals surface area contributed by atoms with Gasteiger partial charge in [0.15, 0.2) is 5.11 Å². The van der Waals surface area contributed by atoms with Gasteiger partial charge >= 0.3 is 0 Å². The highest BCUT2D eigenvalue weighted by molar-refractivity contribution is 7.80. The molecule has 1 aliphatic heterocycles. The normalized spacial score (nSPS) is 13.8. The Hall–Kier alpha value is -3.16. The molecule has 0 bridgehead atoms. The molecule has 0 saturated carbocycles. The summed E-state index contributed by atoms with van der Waals surface area (Å²) in [5.41, 5.74) is 2.16. The first-order chi connectivity index (χ1) is 16.3. The molecule has 0 radical (unpaired) electrons.